The predicted octanol–water partition coefficient (Wildman–Crippen LogP) is 2.41. The van der Waals surface area contributed by atoms with E-state index in [4.69, 9.17) is 10.2 Å². The van der Waals surface area contributed by atoms with Gasteiger partial charge in [0.25, 0.3) is 0 Å². The Balaban J connectivity index is 3.21. The van der Waals surface area contributed by atoms with E-state index in [0.29, 0.717) is 5.92 Å². The van der Waals surface area contributed by atoms with Crippen LogP contribution in [0.25, 0.3) is 0 Å². The first-order chi connectivity index (χ1) is 6.04. The number of carboxylic acid groups (broad SMARTS) is 1. The van der Waals surface area contributed by atoms with Crippen molar-refractivity contribution in [3.8, 4) is 0 Å². The number of aliphatic carboxylic acids is 1. The van der Waals surface area contributed by atoms with Crippen LogP contribution < -0.4 is 0 Å². The molecule has 0 aliphatic carbocycles. The van der Waals surface area contributed by atoms with Gasteiger partial charge in [0.05, 0.1) is 0 Å². The van der Waals surface area contributed by atoms with Gasteiger partial charge in [0.1, 0.15) is 4.11 Å². The number of carboxylic acids is 1. The molecule has 0 fully saturated rings. The molecular weight excluding hydrogens is 283 g/mol. The maximum atomic E-state index is 10.2. The number of hydrogen-bond acceptors (Lipinski definition) is 2. The molecule has 0 amide bonds. The highest BCUT2D eigenvalue weighted by Crippen LogP contribution is 2.17. The summed E-state index contributed by atoms with van der Waals surface area (Å²) >= 11 is 2.00. The minimum absolute atomic E-state index is 0.265. The summed E-state index contributed by atoms with van der Waals surface area (Å²) in [5, 5.41) is 17.5. The summed E-state index contributed by atoms with van der Waals surface area (Å²) in [5.74, 6) is -0.410. The molecule has 0 heterocycles. The fraction of sp³-hybridized carbons (Fsp3) is 0.889. The van der Waals surface area contributed by atoms with Gasteiger partial charge in [-0.1, -0.05) is 42.4 Å². The van der Waals surface area contributed by atoms with Gasteiger partial charge in [-0.05, 0) is 18.8 Å². The zero-order chi connectivity index (χ0) is 10.3. The van der Waals surface area contributed by atoms with Crippen LogP contribution in [0.15, 0.2) is 0 Å². The van der Waals surface area contributed by atoms with Crippen molar-refractivity contribution in [2.24, 2.45) is 5.92 Å². The smallest absolute Gasteiger partial charge is 0.303 e. The first kappa shape index (κ1) is 13.2. The Kier molecular flexibility index (Phi) is 7.65. The van der Waals surface area contributed by atoms with Gasteiger partial charge >= 0.3 is 5.97 Å². The van der Waals surface area contributed by atoms with Crippen LogP contribution in [-0.4, -0.2) is 20.3 Å². The van der Waals surface area contributed by atoms with Gasteiger partial charge in [0.15, 0.2) is 0 Å². The number of carbonyl (C=O) groups is 1. The van der Waals surface area contributed by atoms with Gasteiger partial charge in [-0.2, -0.15) is 0 Å². The van der Waals surface area contributed by atoms with Crippen molar-refractivity contribution in [1.29, 1.82) is 0 Å². The lowest BCUT2D eigenvalue weighted by atomic mass is 10.0. The van der Waals surface area contributed by atoms with Crippen LogP contribution >= 0.6 is 22.6 Å². The van der Waals surface area contributed by atoms with E-state index in [9.17, 15) is 4.79 Å². The van der Waals surface area contributed by atoms with E-state index in [1.54, 1.807) is 0 Å². The van der Waals surface area contributed by atoms with Gasteiger partial charge in [0, 0.05) is 6.42 Å². The molecule has 0 aromatic carbocycles. The van der Waals surface area contributed by atoms with Crippen LogP contribution in [-0.2, 0) is 4.79 Å². The largest absolute Gasteiger partial charge is 0.481 e. The molecule has 0 saturated carbocycles. The normalized spacial score (nSPS) is 15.3. The highest BCUT2D eigenvalue weighted by atomic mass is 127. The van der Waals surface area contributed by atoms with E-state index in [1.807, 2.05) is 29.5 Å². The highest BCUT2D eigenvalue weighted by molar-refractivity contribution is 14.1. The van der Waals surface area contributed by atoms with Gasteiger partial charge in [-0.15, -0.1) is 0 Å². The Morgan fingerprint density at radius 2 is 2.00 bits per heavy atom. The first-order valence-electron chi connectivity index (χ1n) is 4.58. The van der Waals surface area contributed by atoms with Crippen LogP contribution in [0.5, 0.6) is 0 Å². The van der Waals surface area contributed by atoms with Crippen molar-refractivity contribution in [2.75, 3.05) is 0 Å². The lowest BCUT2D eigenvalue weighted by Crippen LogP contribution is -2.09. The predicted molar refractivity (Wildman–Crippen MR) is 59.9 cm³/mol. The molecule has 78 valence electrons. The fourth-order valence-electron chi connectivity index (χ4n) is 1.06. The van der Waals surface area contributed by atoms with Crippen LogP contribution in [0.2, 0.25) is 0 Å². The van der Waals surface area contributed by atoms with Crippen molar-refractivity contribution >= 4 is 28.6 Å². The molecule has 0 saturated heterocycles. The van der Waals surface area contributed by atoms with Crippen LogP contribution in [0.3, 0.4) is 0 Å². The third-order valence-electron chi connectivity index (χ3n) is 2.02. The van der Waals surface area contributed by atoms with E-state index < -0.39 is 5.97 Å². The second-order valence-corrected chi connectivity index (χ2v) is 4.62. The second-order valence-electron chi connectivity index (χ2n) is 3.34. The minimum atomic E-state index is -0.720. The van der Waals surface area contributed by atoms with Crippen molar-refractivity contribution in [2.45, 2.75) is 43.1 Å². The molecule has 0 aliphatic rings. The summed E-state index contributed by atoms with van der Waals surface area (Å²) < 4.78 is -0.280. The molecular formula is C9H17IO3. The molecule has 3 nitrogen and oxygen atoms in total. The molecule has 0 aromatic heterocycles. The molecule has 0 spiro atoms. The molecule has 2 N–H and O–H groups in total. The molecule has 0 rings (SSSR count). The summed E-state index contributed by atoms with van der Waals surface area (Å²) in [6, 6.07) is 0. The Labute approximate surface area is 92.7 Å². The third-order valence-corrected chi connectivity index (χ3v) is 3.25. The average Bonchev–Trinajstić information content (AvgIpc) is 2.02. The SMILES string of the molecule is C[C@H](CCCCCC(=O)O)[C@@H](O)I. The Hall–Kier alpha value is 0.160. The quantitative estimate of drug-likeness (QED) is 0.431. The molecule has 0 radical (unpaired) electrons. The summed E-state index contributed by atoms with van der Waals surface area (Å²) in [4.78, 5) is 10.2. The average molecular weight is 300 g/mol. The number of aliphatic hydroxyl groups is 1. The molecule has 13 heavy (non-hydrogen) atoms. The van der Waals surface area contributed by atoms with E-state index >= 15 is 0 Å². The molecule has 0 bridgehead atoms. The highest BCUT2D eigenvalue weighted by Gasteiger charge is 2.09. The van der Waals surface area contributed by atoms with E-state index in [0.717, 1.165) is 25.7 Å². The summed E-state index contributed by atoms with van der Waals surface area (Å²) in [7, 11) is 0. The maximum Gasteiger partial charge on any atom is 0.303 e. The monoisotopic (exact) mass is 300 g/mol. The third kappa shape index (κ3) is 8.49. The number of rotatable bonds is 7. The van der Waals surface area contributed by atoms with Gasteiger partial charge < -0.3 is 10.2 Å². The summed E-state index contributed by atoms with van der Waals surface area (Å²) in [6.07, 6.45) is 3.94. The van der Waals surface area contributed by atoms with Crippen LogP contribution in [0.4, 0.5) is 0 Å². The van der Waals surface area contributed by atoms with Crippen LogP contribution in [0, 0.1) is 5.92 Å². The van der Waals surface area contributed by atoms with Crippen molar-refractivity contribution in [3.05, 3.63) is 0 Å². The van der Waals surface area contributed by atoms with Gasteiger partial charge in [-0.25, -0.2) is 0 Å². The fourth-order valence-corrected chi connectivity index (χ4v) is 1.42. The first-order valence-corrected chi connectivity index (χ1v) is 5.82. The van der Waals surface area contributed by atoms with Gasteiger partial charge in [0.2, 0.25) is 0 Å². The number of unbranched alkanes of at least 4 members (excludes halogenated alkanes) is 2. The summed E-state index contributed by atoms with van der Waals surface area (Å²) in [5.41, 5.74) is 0. The number of alkyl halides is 1. The molecule has 2 atom stereocenters. The van der Waals surface area contributed by atoms with E-state index in [1.165, 1.54) is 0 Å². The molecule has 0 aliphatic heterocycles. The van der Waals surface area contributed by atoms with Crippen molar-refractivity contribution < 1.29 is 15.0 Å². The standard InChI is InChI=1S/C9H17IO3/c1-7(9(10)13)5-3-2-4-6-8(11)12/h7,9,13H,2-6H2,1H3,(H,11,12)/t7-,9-/m1/s1. The van der Waals surface area contributed by atoms with Crippen molar-refractivity contribution in [1.82, 2.24) is 0 Å². The number of halogens is 1. The Morgan fingerprint density at radius 3 is 2.46 bits per heavy atom. The zero-order valence-electron chi connectivity index (χ0n) is 7.87. The molecule has 4 heteroatoms. The zero-order valence-corrected chi connectivity index (χ0v) is 10.0. The van der Waals surface area contributed by atoms with Crippen LogP contribution in [0.1, 0.15) is 39.0 Å². The maximum absolute atomic E-state index is 10.2. The molecule has 0 aromatic rings. The topological polar surface area (TPSA) is 57.5 Å². The second kappa shape index (κ2) is 7.55. The lowest BCUT2D eigenvalue weighted by molar-refractivity contribution is -0.137. The lowest BCUT2D eigenvalue weighted by Gasteiger charge is -2.12. The number of aliphatic hydroxyl groups excluding tert-OH is 1. The van der Waals surface area contributed by atoms with E-state index in [-0.39, 0.29) is 10.5 Å². The molecule has 0 unspecified atom stereocenters. The minimum Gasteiger partial charge on any atom is -0.481 e. The van der Waals surface area contributed by atoms with Gasteiger partial charge in [-0.3, -0.25) is 4.79 Å². The Bertz CT molecular complexity index is 148. The summed E-state index contributed by atoms with van der Waals surface area (Å²) in [6.45, 7) is 2.01. The van der Waals surface area contributed by atoms with E-state index in [2.05, 4.69) is 0 Å². The number of hydrogen-bond donors (Lipinski definition) is 2. The van der Waals surface area contributed by atoms with Crippen molar-refractivity contribution in [3.63, 3.8) is 0 Å². The Morgan fingerprint density at radius 1 is 1.38 bits per heavy atom.